The van der Waals surface area contributed by atoms with Crippen molar-refractivity contribution in [1.29, 1.82) is 0 Å². The molecule has 0 N–H and O–H groups in total. The lowest BCUT2D eigenvalue weighted by molar-refractivity contribution is -0.308. The van der Waals surface area contributed by atoms with Gasteiger partial charge < -0.3 is 24.2 Å². The number of anilines is 1. The first-order chi connectivity index (χ1) is 17.9. The molecule has 2 amide bonds. The zero-order valence-electron chi connectivity index (χ0n) is 21.7. The number of carbonyl (C=O) groups is 2. The van der Waals surface area contributed by atoms with Crippen molar-refractivity contribution in [2.75, 3.05) is 57.3 Å². The maximum atomic E-state index is 12.7. The van der Waals surface area contributed by atoms with Crippen LogP contribution in [-0.2, 0) is 16.0 Å². The van der Waals surface area contributed by atoms with Crippen LogP contribution in [0.2, 0.25) is 5.02 Å². The maximum Gasteiger partial charge on any atom is 0.434 e. The van der Waals surface area contributed by atoms with Crippen LogP contribution < -0.4 is 4.90 Å². The molecule has 1 aromatic rings. The van der Waals surface area contributed by atoms with Crippen molar-refractivity contribution in [3.05, 3.63) is 28.8 Å². The SMILES string of the molecule is CC(C)(C)OC(=O)N1CCN(c2cc(Cl)ccc2CN2CCN(C(=O)OC(C(F)(F)F)C(F)(F)F)CC2)CC1. The minimum atomic E-state index is -5.76. The second kappa shape index (κ2) is 11.9. The number of rotatable bonds is 4. The summed E-state index contributed by atoms with van der Waals surface area (Å²) in [5.74, 6) is 0. The van der Waals surface area contributed by atoms with Gasteiger partial charge in [-0.15, -0.1) is 0 Å². The molecular weight excluding hydrogens is 558 g/mol. The van der Waals surface area contributed by atoms with Crippen LogP contribution in [0.15, 0.2) is 18.2 Å². The highest BCUT2D eigenvalue weighted by Gasteiger charge is 2.60. The monoisotopic (exact) mass is 588 g/mol. The van der Waals surface area contributed by atoms with Crippen molar-refractivity contribution in [2.45, 2.75) is 51.4 Å². The molecule has 0 atom stereocenters. The van der Waals surface area contributed by atoms with Gasteiger partial charge in [0.1, 0.15) is 5.60 Å². The van der Waals surface area contributed by atoms with Crippen molar-refractivity contribution >= 4 is 29.5 Å². The van der Waals surface area contributed by atoms with E-state index in [4.69, 9.17) is 16.3 Å². The number of carbonyl (C=O) groups excluding carboxylic acids is 2. The molecule has 2 heterocycles. The highest BCUT2D eigenvalue weighted by Crippen LogP contribution is 2.36. The highest BCUT2D eigenvalue weighted by atomic mass is 35.5. The lowest BCUT2D eigenvalue weighted by atomic mass is 10.1. The third-order valence-electron chi connectivity index (χ3n) is 6.16. The van der Waals surface area contributed by atoms with Gasteiger partial charge in [0.05, 0.1) is 0 Å². The van der Waals surface area contributed by atoms with Crippen molar-refractivity contribution in [3.63, 3.8) is 0 Å². The Labute approximate surface area is 227 Å². The third kappa shape index (κ3) is 8.69. The van der Waals surface area contributed by atoms with E-state index in [1.165, 1.54) is 0 Å². The molecule has 0 aromatic heterocycles. The molecule has 2 aliphatic heterocycles. The topological polar surface area (TPSA) is 65.6 Å². The Kier molecular flexibility index (Phi) is 9.41. The molecule has 15 heteroatoms. The summed E-state index contributed by atoms with van der Waals surface area (Å²) in [4.78, 5) is 30.9. The second-order valence-electron chi connectivity index (χ2n) is 10.3. The van der Waals surface area contributed by atoms with Crippen molar-refractivity contribution in [1.82, 2.24) is 14.7 Å². The number of alkyl halides is 6. The van der Waals surface area contributed by atoms with Gasteiger partial charge >= 0.3 is 24.5 Å². The Morgan fingerprint density at radius 2 is 1.36 bits per heavy atom. The molecule has 220 valence electrons. The quantitative estimate of drug-likeness (QED) is 0.454. The number of hydrogen-bond acceptors (Lipinski definition) is 6. The predicted molar refractivity (Wildman–Crippen MR) is 131 cm³/mol. The Morgan fingerprint density at radius 3 is 1.87 bits per heavy atom. The Hall–Kier alpha value is -2.61. The Bertz CT molecular complexity index is 1000. The van der Waals surface area contributed by atoms with Crippen LogP contribution in [0.1, 0.15) is 26.3 Å². The number of amides is 2. The number of piperazine rings is 2. The van der Waals surface area contributed by atoms with Gasteiger partial charge in [-0.2, -0.15) is 26.3 Å². The number of benzene rings is 1. The first kappa shape index (κ1) is 30.9. The van der Waals surface area contributed by atoms with Crippen LogP contribution in [0.3, 0.4) is 0 Å². The fraction of sp³-hybridized carbons (Fsp3) is 0.667. The summed E-state index contributed by atoms with van der Waals surface area (Å²) >= 11 is 6.25. The van der Waals surface area contributed by atoms with Gasteiger partial charge in [-0.25, -0.2) is 9.59 Å². The standard InChI is InChI=1S/C24H31ClF6N4O4/c1-22(2,3)39-21(37)35-12-10-33(11-13-35)18-14-17(25)5-4-16(18)15-32-6-8-34(9-7-32)20(36)38-19(23(26,27)28)24(29,30)31/h4-5,14,19H,6-13,15H2,1-3H3. The van der Waals surface area contributed by atoms with Crippen molar-refractivity contribution < 1.29 is 45.4 Å². The summed E-state index contributed by atoms with van der Waals surface area (Å²) in [6.07, 6.45) is -17.8. The highest BCUT2D eigenvalue weighted by molar-refractivity contribution is 6.30. The van der Waals surface area contributed by atoms with E-state index >= 15 is 0 Å². The Balaban J connectivity index is 1.58. The average molecular weight is 589 g/mol. The molecule has 3 rings (SSSR count). The van der Waals surface area contributed by atoms with Gasteiger partial charge in [0.15, 0.2) is 0 Å². The summed E-state index contributed by atoms with van der Waals surface area (Å²) in [6, 6.07) is 5.37. The molecule has 2 saturated heterocycles. The maximum absolute atomic E-state index is 12.7. The van der Waals surface area contributed by atoms with E-state index in [1.54, 1.807) is 31.7 Å². The molecule has 2 aliphatic rings. The first-order valence-corrected chi connectivity index (χ1v) is 12.6. The van der Waals surface area contributed by atoms with Gasteiger partial charge in [-0.3, -0.25) is 4.90 Å². The summed E-state index contributed by atoms with van der Waals surface area (Å²) in [7, 11) is 0. The molecule has 8 nitrogen and oxygen atoms in total. The lowest BCUT2D eigenvalue weighted by Gasteiger charge is -2.39. The summed E-state index contributed by atoms with van der Waals surface area (Å²) in [5, 5.41) is 0.514. The molecule has 0 bridgehead atoms. The molecule has 0 spiro atoms. The van der Waals surface area contributed by atoms with Crippen LogP contribution in [0, 0.1) is 0 Å². The van der Waals surface area contributed by atoms with Crippen molar-refractivity contribution in [2.24, 2.45) is 0 Å². The second-order valence-corrected chi connectivity index (χ2v) is 10.8. The van der Waals surface area contributed by atoms with Crippen LogP contribution in [-0.4, -0.2) is 103 Å². The van der Waals surface area contributed by atoms with Crippen molar-refractivity contribution in [3.8, 4) is 0 Å². The van der Waals surface area contributed by atoms with Gasteiger partial charge in [0, 0.05) is 69.6 Å². The summed E-state index contributed by atoms with van der Waals surface area (Å²) in [6.45, 7) is 7.98. The molecule has 0 aliphatic carbocycles. The molecule has 0 unspecified atom stereocenters. The number of ether oxygens (including phenoxy) is 2. The number of hydrogen-bond donors (Lipinski definition) is 0. The van der Waals surface area contributed by atoms with Gasteiger partial charge in [0.25, 0.3) is 6.10 Å². The minimum Gasteiger partial charge on any atom is -0.444 e. The summed E-state index contributed by atoms with van der Waals surface area (Å²) in [5.41, 5.74) is 1.15. The zero-order chi connectivity index (χ0) is 29.2. The van der Waals surface area contributed by atoms with Crippen LogP contribution >= 0.6 is 11.6 Å². The van der Waals surface area contributed by atoms with E-state index < -0.39 is 30.2 Å². The number of halogens is 7. The normalized spacial score (nSPS) is 18.0. The first-order valence-electron chi connectivity index (χ1n) is 12.3. The van der Waals surface area contributed by atoms with E-state index in [9.17, 15) is 35.9 Å². The molecule has 0 radical (unpaired) electrons. The molecular formula is C24H31ClF6N4O4. The van der Waals surface area contributed by atoms with Crippen LogP contribution in [0.25, 0.3) is 0 Å². The smallest absolute Gasteiger partial charge is 0.434 e. The fourth-order valence-electron chi connectivity index (χ4n) is 4.25. The van der Waals surface area contributed by atoms with E-state index in [0.717, 1.165) is 16.2 Å². The predicted octanol–water partition coefficient (Wildman–Crippen LogP) is 5.14. The van der Waals surface area contributed by atoms with E-state index in [0.29, 0.717) is 37.7 Å². The molecule has 0 saturated carbocycles. The van der Waals surface area contributed by atoms with Crippen LogP contribution in [0.5, 0.6) is 0 Å². The molecule has 39 heavy (non-hydrogen) atoms. The Morgan fingerprint density at radius 1 is 0.846 bits per heavy atom. The van der Waals surface area contributed by atoms with Gasteiger partial charge in [-0.1, -0.05) is 17.7 Å². The summed E-state index contributed by atoms with van der Waals surface area (Å²) < 4.78 is 85.6. The third-order valence-corrected chi connectivity index (χ3v) is 6.39. The van der Waals surface area contributed by atoms with Gasteiger partial charge in [0.2, 0.25) is 0 Å². The van der Waals surface area contributed by atoms with Crippen LogP contribution in [0.4, 0.5) is 41.6 Å². The zero-order valence-corrected chi connectivity index (χ0v) is 22.5. The largest absolute Gasteiger partial charge is 0.444 e. The average Bonchev–Trinajstić information content (AvgIpc) is 2.81. The molecule has 2 fully saturated rings. The minimum absolute atomic E-state index is 0.0985. The number of nitrogens with zero attached hydrogens (tertiary/aromatic N) is 4. The fourth-order valence-corrected chi connectivity index (χ4v) is 4.41. The lowest BCUT2D eigenvalue weighted by Crippen LogP contribution is -2.52. The van der Waals surface area contributed by atoms with E-state index in [-0.39, 0.29) is 32.3 Å². The van der Waals surface area contributed by atoms with Gasteiger partial charge in [-0.05, 0) is 38.5 Å². The van der Waals surface area contributed by atoms with E-state index in [2.05, 4.69) is 9.64 Å². The van der Waals surface area contributed by atoms with E-state index in [1.807, 2.05) is 17.0 Å². The molecule has 1 aromatic carbocycles.